The van der Waals surface area contributed by atoms with Crippen LogP contribution in [-0.2, 0) is 0 Å². The van der Waals surface area contributed by atoms with E-state index in [0.29, 0.717) is 10.6 Å². The van der Waals surface area contributed by atoms with Crippen molar-refractivity contribution in [3.8, 4) is 0 Å². The summed E-state index contributed by atoms with van der Waals surface area (Å²) in [5.41, 5.74) is 2.60. The van der Waals surface area contributed by atoms with Crippen LogP contribution in [-0.4, -0.2) is 5.78 Å². The molecule has 0 saturated heterocycles. The monoisotopic (exact) mass is 275 g/mol. The van der Waals surface area contributed by atoms with Gasteiger partial charge < -0.3 is 5.32 Å². The Morgan fingerprint density at radius 1 is 1.17 bits per heavy atom. The molecule has 1 aliphatic heterocycles. The summed E-state index contributed by atoms with van der Waals surface area (Å²) in [7, 11) is 0. The van der Waals surface area contributed by atoms with Gasteiger partial charge in [0, 0.05) is 15.4 Å². The lowest BCUT2D eigenvalue weighted by atomic mass is 10.1. The van der Waals surface area contributed by atoms with E-state index < -0.39 is 0 Å². The van der Waals surface area contributed by atoms with Crippen molar-refractivity contribution in [2.45, 2.75) is 16.7 Å². The first kappa shape index (κ1) is 11.6. The molecule has 1 aliphatic rings. The number of nitrogens with one attached hydrogen (secondary N) is 1. The van der Waals surface area contributed by atoms with E-state index in [1.165, 1.54) is 6.92 Å². The fraction of sp³-hybridized carbons (Fsp3) is 0.0714. The van der Waals surface area contributed by atoms with Crippen LogP contribution >= 0.6 is 23.4 Å². The molecule has 1 heterocycles. The zero-order valence-corrected chi connectivity index (χ0v) is 11.2. The molecule has 4 heteroatoms. The van der Waals surface area contributed by atoms with Gasteiger partial charge in [-0.1, -0.05) is 35.5 Å². The summed E-state index contributed by atoms with van der Waals surface area (Å²) in [6.45, 7) is 1.53. The van der Waals surface area contributed by atoms with Gasteiger partial charge in [-0.05, 0) is 31.2 Å². The van der Waals surface area contributed by atoms with Crippen LogP contribution in [0.1, 0.15) is 17.3 Å². The smallest absolute Gasteiger partial charge is 0.161 e. The molecule has 0 radical (unpaired) electrons. The fourth-order valence-corrected chi connectivity index (χ4v) is 3.23. The normalized spacial score (nSPS) is 12.3. The van der Waals surface area contributed by atoms with E-state index in [-0.39, 0.29) is 5.78 Å². The lowest BCUT2D eigenvalue weighted by molar-refractivity contribution is 0.101. The summed E-state index contributed by atoms with van der Waals surface area (Å²) < 4.78 is 0. The van der Waals surface area contributed by atoms with Crippen molar-refractivity contribution in [1.82, 2.24) is 0 Å². The molecule has 2 nitrogen and oxygen atoms in total. The third kappa shape index (κ3) is 1.89. The van der Waals surface area contributed by atoms with Gasteiger partial charge in [-0.15, -0.1) is 0 Å². The van der Waals surface area contributed by atoms with E-state index in [4.69, 9.17) is 11.6 Å². The van der Waals surface area contributed by atoms with Gasteiger partial charge in [-0.3, -0.25) is 4.79 Å². The Morgan fingerprint density at radius 2 is 1.94 bits per heavy atom. The van der Waals surface area contributed by atoms with Gasteiger partial charge in [-0.25, -0.2) is 0 Å². The van der Waals surface area contributed by atoms with Gasteiger partial charge >= 0.3 is 0 Å². The van der Waals surface area contributed by atoms with Crippen molar-refractivity contribution in [1.29, 1.82) is 0 Å². The molecule has 2 aromatic carbocycles. The highest BCUT2D eigenvalue weighted by molar-refractivity contribution is 7.99. The van der Waals surface area contributed by atoms with Crippen molar-refractivity contribution in [2.75, 3.05) is 5.32 Å². The summed E-state index contributed by atoms with van der Waals surface area (Å²) in [5, 5.41) is 3.83. The van der Waals surface area contributed by atoms with Crippen molar-refractivity contribution in [3.63, 3.8) is 0 Å². The highest BCUT2D eigenvalue weighted by Crippen LogP contribution is 2.45. The minimum absolute atomic E-state index is 0.0118. The van der Waals surface area contributed by atoms with E-state index in [9.17, 15) is 4.79 Å². The highest BCUT2D eigenvalue weighted by atomic mass is 35.5. The number of carbonyl (C=O) groups is 1. The predicted molar refractivity (Wildman–Crippen MR) is 75.3 cm³/mol. The summed E-state index contributed by atoms with van der Waals surface area (Å²) >= 11 is 7.76. The number of ketones is 1. The van der Waals surface area contributed by atoms with Crippen LogP contribution in [0, 0.1) is 0 Å². The standard InChI is InChI=1S/C14H10ClNOS/c1-8(17)9-6-14-12(7-10(9)15)16-11-4-2-3-5-13(11)18-14/h2-7,16H,1H3. The SMILES string of the molecule is CC(=O)c1cc2c(cc1Cl)Nc1ccccc1S2. The van der Waals surface area contributed by atoms with Gasteiger partial charge in [0.2, 0.25) is 0 Å². The van der Waals surface area contributed by atoms with Gasteiger partial charge in [0.25, 0.3) is 0 Å². The molecule has 0 atom stereocenters. The van der Waals surface area contributed by atoms with Gasteiger partial charge in [0.15, 0.2) is 5.78 Å². The summed E-state index contributed by atoms with van der Waals surface area (Å²) in [6.07, 6.45) is 0. The van der Waals surface area contributed by atoms with E-state index in [1.54, 1.807) is 11.8 Å². The molecule has 0 amide bonds. The van der Waals surface area contributed by atoms with Crippen LogP contribution < -0.4 is 5.32 Å². The van der Waals surface area contributed by atoms with E-state index in [1.807, 2.05) is 30.3 Å². The van der Waals surface area contributed by atoms with Crippen molar-refractivity contribution in [3.05, 3.63) is 47.0 Å². The Morgan fingerprint density at radius 3 is 2.72 bits per heavy atom. The molecule has 18 heavy (non-hydrogen) atoms. The largest absolute Gasteiger partial charge is 0.354 e. The van der Waals surface area contributed by atoms with E-state index in [0.717, 1.165) is 21.2 Å². The molecule has 1 N–H and O–H groups in total. The number of benzene rings is 2. The van der Waals surface area contributed by atoms with E-state index >= 15 is 0 Å². The van der Waals surface area contributed by atoms with Crippen LogP contribution in [0.25, 0.3) is 0 Å². The maximum absolute atomic E-state index is 11.5. The molecule has 3 rings (SSSR count). The number of fused-ring (bicyclic) bond motifs is 2. The van der Waals surface area contributed by atoms with Crippen molar-refractivity contribution in [2.24, 2.45) is 0 Å². The van der Waals surface area contributed by atoms with Crippen LogP contribution in [0.5, 0.6) is 0 Å². The van der Waals surface area contributed by atoms with Gasteiger partial charge in [-0.2, -0.15) is 0 Å². The minimum Gasteiger partial charge on any atom is -0.354 e. The zero-order valence-electron chi connectivity index (χ0n) is 9.66. The Balaban J connectivity index is 2.11. The lowest BCUT2D eigenvalue weighted by Crippen LogP contribution is -2.02. The molecule has 0 aliphatic carbocycles. The predicted octanol–water partition coefficient (Wildman–Crippen LogP) is 4.75. The second-order valence-corrected chi connectivity index (χ2v) is 5.60. The summed E-state index contributed by atoms with van der Waals surface area (Å²) in [5.74, 6) is -0.0118. The topological polar surface area (TPSA) is 29.1 Å². The summed E-state index contributed by atoms with van der Waals surface area (Å²) in [4.78, 5) is 13.7. The Kier molecular flexibility index (Phi) is 2.80. The Hall–Kier alpha value is -1.45. The minimum atomic E-state index is -0.0118. The third-order valence-electron chi connectivity index (χ3n) is 2.82. The molecule has 2 aromatic rings. The highest BCUT2D eigenvalue weighted by Gasteiger charge is 2.18. The molecule has 0 spiro atoms. The average Bonchev–Trinajstić information content (AvgIpc) is 2.35. The quantitative estimate of drug-likeness (QED) is 0.650. The lowest BCUT2D eigenvalue weighted by Gasteiger charge is -2.21. The molecule has 0 bridgehead atoms. The number of Topliss-reactive ketones (excluding diaryl/α,β-unsaturated/α-hetero) is 1. The zero-order chi connectivity index (χ0) is 12.7. The number of hydrogen-bond acceptors (Lipinski definition) is 3. The molecular weight excluding hydrogens is 266 g/mol. The first-order valence-corrected chi connectivity index (χ1v) is 6.73. The summed E-state index contributed by atoms with van der Waals surface area (Å²) in [6, 6.07) is 11.7. The number of rotatable bonds is 1. The molecule has 0 unspecified atom stereocenters. The number of para-hydroxylation sites is 1. The number of carbonyl (C=O) groups excluding carboxylic acids is 1. The molecular formula is C14H10ClNOS. The van der Waals surface area contributed by atoms with Crippen molar-refractivity contribution >= 4 is 40.5 Å². The first-order valence-electron chi connectivity index (χ1n) is 5.53. The van der Waals surface area contributed by atoms with E-state index in [2.05, 4.69) is 11.4 Å². The average molecular weight is 276 g/mol. The first-order chi connectivity index (χ1) is 8.65. The van der Waals surface area contributed by atoms with Gasteiger partial charge in [0.05, 0.1) is 16.4 Å². The second-order valence-electron chi connectivity index (χ2n) is 4.11. The van der Waals surface area contributed by atoms with Crippen LogP contribution in [0.3, 0.4) is 0 Å². The Labute approximate surface area is 114 Å². The Bertz CT molecular complexity index is 654. The maximum atomic E-state index is 11.5. The maximum Gasteiger partial charge on any atom is 0.161 e. The molecule has 0 fully saturated rings. The second kappa shape index (κ2) is 4.34. The van der Waals surface area contributed by atoms with Crippen LogP contribution in [0.4, 0.5) is 11.4 Å². The molecule has 90 valence electrons. The number of halogens is 1. The van der Waals surface area contributed by atoms with Crippen molar-refractivity contribution < 1.29 is 4.79 Å². The molecule has 0 saturated carbocycles. The van der Waals surface area contributed by atoms with Crippen LogP contribution in [0.15, 0.2) is 46.2 Å². The number of anilines is 2. The van der Waals surface area contributed by atoms with Crippen LogP contribution in [0.2, 0.25) is 5.02 Å². The number of hydrogen-bond donors (Lipinski definition) is 1. The fourth-order valence-electron chi connectivity index (χ4n) is 1.93. The molecule has 0 aromatic heterocycles. The van der Waals surface area contributed by atoms with Gasteiger partial charge in [0.1, 0.15) is 0 Å². The third-order valence-corrected chi connectivity index (χ3v) is 4.27.